The first-order valence-electron chi connectivity index (χ1n) is 5.41. The molecule has 0 aromatic rings. The van der Waals surface area contributed by atoms with Crippen LogP contribution in [-0.4, -0.2) is 23.8 Å². The minimum Gasteiger partial charge on any atom is -0.458 e. The molecule has 0 spiro atoms. The molecule has 3 heterocycles. The van der Waals surface area contributed by atoms with Crippen LogP contribution < -0.4 is 0 Å². The molecule has 82 valence electrons. The molecule has 0 aromatic heterocycles. The predicted molar refractivity (Wildman–Crippen MR) is 54.2 cm³/mol. The first-order valence-corrected chi connectivity index (χ1v) is 5.41. The van der Waals surface area contributed by atoms with Crippen molar-refractivity contribution in [3.8, 4) is 0 Å². The highest BCUT2D eigenvalue weighted by atomic mass is 16.6. The molecule has 0 aromatic carbocycles. The van der Waals surface area contributed by atoms with Crippen LogP contribution in [0.25, 0.3) is 0 Å². The minimum absolute atomic E-state index is 0.00829. The van der Waals surface area contributed by atoms with Gasteiger partial charge in [-0.15, -0.1) is 0 Å². The quantitative estimate of drug-likeness (QED) is 0.448. The van der Waals surface area contributed by atoms with Gasteiger partial charge in [0.2, 0.25) is 0 Å². The van der Waals surface area contributed by atoms with Crippen LogP contribution >= 0.6 is 0 Å². The van der Waals surface area contributed by atoms with E-state index in [0.29, 0.717) is 0 Å². The second-order valence-electron chi connectivity index (χ2n) is 5.67. The maximum Gasteiger partial charge on any atom is 0.316 e. The van der Waals surface area contributed by atoms with Crippen LogP contribution in [0.5, 0.6) is 0 Å². The fourth-order valence-corrected chi connectivity index (χ4v) is 3.44. The third kappa shape index (κ3) is 0.680. The summed E-state index contributed by atoms with van der Waals surface area (Å²) in [6.07, 6.45) is 3.96. The summed E-state index contributed by atoms with van der Waals surface area (Å²) in [5.41, 5.74) is -1.23. The molecule has 4 atom stereocenters. The van der Waals surface area contributed by atoms with E-state index < -0.39 is 11.0 Å². The molecule has 0 amide bonds. The molecule has 4 unspecified atom stereocenters. The van der Waals surface area contributed by atoms with Crippen molar-refractivity contribution in [2.75, 3.05) is 0 Å². The molecule has 0 aliphatic carbocycles. The average Bonchev–Trinajstić information content (AvgIpc) is 2.71. The van der Waals surface area contributed by atoms with Gasteiger partial charge in [0.05, 0.1) is 17.6 Å². The third-order valence-electron chi connectivity index (χ3n) is 4.99. The second kappa shape index (κ2) is 2.14. The molecule has 0 N–H and O–H groups in total. The molecule has 3 rings (SSSR count). The van der Waals surface area contributed by atoms with E-state index in [4.69, 9.17) is 9.47 Å². The molecule has 3 aliphatic rings. The fourth-order valence-electron chi connectivity index (χ4n) is 3.44. The fraction of sp³-hybridized carbons (Fsp3) is 0.750. The summed E-state index contributed by atoms with van der Waals surface area (Å²) in [4.78, 5) is 12.1. The van der Waals surface area contributed by atoms with Crippen LogP contribution in [0.3, 0.4) is 0 Å². The van der Waals surface area contributed by atoms with Crippen LogP contribution in [0, 0.1) is 10.8 Å². The summed E-state index contributed by atoms with van der Waals surface area (Å²) in [5.74, 6) is -0.119. The number of ether oxygens (including phenoxy) is 2. The highest BCUT2D eigenvalue weighted by molar-refractivity contribution is 5.83. The van der Waals surface area contributed by atoms with E-state index >= 15 is 0 Å². The lowest BCUT2D eigenvalue weighted by Gasteiger charge is -2.42. The Bertz CT molecular complexity index is 384. The van der Waals surface area contributed by atoms with Gasteiger partial charge in [0.25, 0.3) is 0 Å². The first kappa shape index (κ1) is 9.40. The van der Waals surface area contributed by atoms with E-state index in [1.54, 1.807) is 0 Å². The Labute approximate surface area is 89.4 Å². The van der Waals surface area contributed by atoms with Gasteiger partial charge in [-0.3, -0.25) is 4.79 Å². The SMILES string of the molecule is CC1(C)OC(=O)C2(C)C3C=CC(O3)C12C. The lowest BCUT2D eigenvalue weighted by Crippen LogP contribution is -2.52. The van der Waals surface area contributed by atoms with Gasteiger partial charge < -0.3 is 9.47 Å². The summed E-state index contributed by atoms with van der Waals surface area (Å²) >= 11 is 0. The molecule has 2 fully saturated rings. The maximum absolute atomic E-state index is 12.1. The molecule has 3 heteroatoms. The van der Waals surface area contributed by atoms with E-state index in [1.807, 2.05) is 26.8 Å². The number of hydrogen-bond donors (Lipinski definition) is 0. The monoisotopic (exact) mass is 208 g/mol. The van der Waals surface area contributed by atoms with Crippen molar-refractivity contribution in [3.63, 3.8) is 0 Å². The zero-order valence-electron chi connectivity index (χ0n) is 9.53. The van der Waals surface area contributed by atoms with Gasteiger partial charge in [-0.25, -0.2) is 0 Å². The number of fused-ring (bicyclic) bond motifs is 5. The van der Waals surface area contributed by atoms with Gasteiger partial charge >= 0.3 is 5.97 Å². The molecule has 3 nitrogen and oxygen atoms in total. The summed E-state index contributed by atoms with van der Waals surface area (Å²) in [5, 5.41) is 0. The van der Waals surface area contributed by atoms with Crippen LogP contribution in [-0.2, 0) is 14.3 Å². The Morgan fingerprint density at radius 1 is 1.13 bits per heavy atom. The molecule has 2 saturated heterocycles. The largest absolute Gasteiger partial charge is 0.458 e. The van der Waals surface area contributed by atoms with Crippen molar-refractivity contribution in [1.29, 1.82) is 0 Å². The van der Waals surface area contributed by atoms with Gasteiger partial charge in [-0.1, -0.05) is 19.1 Å². The van der Waals surface area contributed by atoms with E-state index in [9.17, 15) is 4.79 Å². The zero-order valence-corrected chi connectivity index (χ0v) is 9.53. The van der Waals surface area contributed by atoms with Crippen LogP contribution in [0.4, 0.5) is 0 Å². The Morgan fingerprint density at radius 3 is 2.33 bits per heavy atom. The molecule has 0 saturated carbocycles. The lowest BCUT2D eigenvalue weighted by molar-refractivity contribution is -0.156. The molecule has 3 aliphatic heterocycles. The van der Waals surface area contributed by atoms with E-state index in [1.165, 1.54) is 0 Å². The standard InChI is InChI=1S/C12H16O3/c1-10(2)12(4)8-6-5-7(14-8)11(12,3)9(13)15-10/h5-8H,1-4H3. The molecule has 15 heavy (non-hydrogen) atoms. The van der Waals surface area contributed by atoms with Crippen molar-refractivity contribution in [3.05, 3.63) is 12.2 Å². The van der Waals surface area contributed by atoms with Crippen LogP contribution in [0.15, 0.2) is 12.2 Å². The Hall–Kier alpha value is -0.830. The molecule has 0 radical (unpaired) electrons. The summed E-state index contributed by atoms with van der Waals surface area (Å²) in [7, 11) is 0. The maximum atomic E-state index is 12.1. The number of rotatable bonds is 0. The summed E-state index contributed by atoms with van der Waals surface area (Å²) < 4.78 is 11.4. The van der Waals surface area contributed by atoms with E-state index in [-0.39, 0.29) is 23.6 Å². The van der Waals surface area contributed by atoms with Gasteiger partial charge in [0, 0.05) is 0 Å². The minimum atomic E-state index is -0.518. The number of cyclic esters (lactones) is 1. The number of carbonyl (C=O) groups excluding carboxylic acids is 1. The van der Waals surface area contributed by atoms with Crippen molar-refractivity contribution in [2.45, 2.75) is 45.5 Å². The number of hydrogen-bond acceptors (Lipinski definition) is 3. The first-order chi connectivity index (χ1) is 6.84. The van der Waals surface area contributed by atoms with Gasteiger partial charge in [0.1, 0.15) is 11.0 Å². The second-order valence-corrected chi connectivity index (χ2v) is 5.67. The van der Waals surface area contributed by atoms with Gasteiger partial charge in [-0.2, -0.15) is 0 Å². The predicted octanol–water partition coefficient (Wildman–Crippen LogP) is 1.67. The van der Waals surface area contributed by atoms with Crippen LogP contribution in [0.1, 0.15) is 27.7 Å². The average molecular weight is 208 g/mol. The Balaban J connectivity index is 2.26. The molecular weight excluding hydrogens is 192 g/mol. The molecular formula is C12H16O3. The van der Waals surface area contributed by atoms with E-state index in [0.717, 1.165) is 0 Å². The highest BCUT2D eigenvalue weighted by Gasteiger charge is 2.77. The summed E-state index contributed by atoms with van der Waals surface area (Å²) in [6.45, 7) is 8.03. The Kier molecular flexibility index (Phi) is 1.34. The third-order valence-corrected chi connectivity index (χ3v) is 4.99. The van der Waals surface area contributed by atoms with Gasteiger partial charge in [-0.05, 0) is 20.8 Å². The zero-order chi connectivity index (χ0) is 11.1. The van der Waals surface area contributed by atoms with Crippen molar-refractivity contribution in [1.82, 2.24) is 0 Å². The molecule has 2 bridgehead atoms. The van der Waals surface area contributed by atoms with Crippen molar-refractivity contribution >= 4 is 5.97 Å². The lowest BCUT2D eigenvalue weighted by atomic mass is 9.55. The van der Waals surface area contributed by atoms with Crippen molar-refractivity contribution in [2.24, 2.45) is 10.8 Å². The van der Waals surface area contributed by atoms with E-state index in [2.05, 4.69) is 13.0 Å². The summed E-state index contributed by atoms with van der Waals surface area (Å²) in [6, 6.07) is 0. The number of esters is 1. The van der Waals surface area contributed by atoms with Crippen molar-refractivity contribution < 1.29 is 14.3 Å². The van der Waals surface area contributed by atoms with Gasteiger partial charge in [0.15, 0.2) is 0 Å². The number of carbonyl (C=O) groups is 1. The smallest absolute Gasteiger partial charge is 0.316 e. The Morgan fingerprint density at radius 2 is 1.73 bits per heavy atom. The van der Waals surface area contributed by atoms with Crippen LogP contribution in [0.2, 0.25) is 0 Å². The highest BCUT2D eigenvalue weighted by Crippen LogP contribution is 2.66. The normalized spacial score (nSPS) is 54.5. The topological polar surface area (TPSA) is 35.5 Å².